The third kappa shape index (κ3) is 3.91. The predicted molar refractivity (Wildman–Crippen MR) is 85.1 cm³/mol. The van der Waals surface area contributed by atoms with Crippen molar-refractivity contribution in [2.45, 2.75) is 32.9 Å². The third-order valence-corrected chi connectivity index (χ3v) is 3.42. The van der Waals surface area contributed by atoms with Gasteiger partial charge in [-0.3, -0.25) is 9.59 Å². The highest BCUT2D eigenvalue weighted by Crippen LogP contribution is 2.32. The van der Waals surface area contributed by atoms with E-state index in [-0.39, 0.29) is 11.8 Å². The average Bonchev–Trinajstić information content (AvgIpc) is 2.45. The van der Waals surface area contributed by atoms with Crippen molar-refractivity contribution in [1.82, 2.24) is 5.32 Å². The van der Waals surface area contributed by atoms with Crippen molar-refractivity contribution < 1.29 is 19.1 Å². The van der Waals surface area contributed by atoms with E-state index in [1.165, 1.54) is 0 Å². The summed E-state index contributed by atoms with van der Waals surface area (Å²) in [5.74, 6) is -0.249. The zero-order chi connectivity index (χ0) is 17.1. The molecule has 0 radical (unpaired) electrons. The van der Waals surface area contributed by atoms with Gasteiger partial charge in [0.25, 0.3) is 5.91 Å². The van der Waals surface area contributed by atoms with Crippen molar-refractivity contribution in [2.75, 3.05) is 10.6 Å². The summed E-state index contributed by atoms with van der Waals surface area (Å²) in [6.45, 7) is 5.24. The molecule has 0 spiro atoms. The summed E-state index contributed by atoms with van der Waals surface area (Å²) in [7, 11) is 0. The fraction of sp³-hybridized carbons (Fsp3) is 0.400. The Morgan fingerprint density at radius 2 is 2.04 bits per heavy atom. The lowest BCUT2D eigenvalue weighted by atomic mass is 10.0. The van der Waals surface area contributed by atoms with E-state index in [1.807, 2.05) is 0 Å². The van der Waals surface area contributed by atoms with Gasteiger partial charge in [0.05, 0.1) is 5.69 Å². The molecule has 8 nitrogen and oxygen atoms in total. The van der Waals surface area contributed by atoms with Gasteiger partial charge >= 0.3 is 6.03 Å². The Kier molecular flexibility index (Phi) is 4.73. The zero-order valence-corrected chi connectivity index (χ0v) is 13.2. The van der Waals surface area contributed by atoms with E-state index in [0.29, 0.717) is 17.1 Å². The van der Waals surface area contributed by atoms with Crippen LogP contribution >= 0.6 is 0 Å². The maximum Gasteiger partial charge on any atom is 0.312 e. The lowest BCUT2D eigenvalue weighted by Crippen LogP contribution is -2.49. The monoisotopic (exact) mass is 320 g/mol. The van der Waals surface area contributed by atoms with Gasteiger partial charge in [0.1, 0.15) is 11.8 Å². The molecule has 0 aromatic heterocycles. The van der Waals surface area contributed by atoms with Crippen LogP contribution in [0.4, 0.5) is 16.2 Å². The predicted octanol–water partition coefficient (Wildman–Crippen LogP) is 1.04. The Morgan fingerprint density at radius 1 is 1.35 bits per heavy atom. The van der Waals surface area contributed by atoms with Gasteiger partial charge in [0, 0.05) is 5.69 Å². The minimum Gasteiger partial charge on any atom is -0.479 e. The van der Waals surface area contributed by atoms with Gasteiger partial charge in [-0.05, 0) is 31.0 Å². The topological polar surface area (TPSA) is 123 Å². The summed E-state index contributed by atoms with van der Waals surface area (Å²) >= 11 is 0. The molecule has 8 heteroatoms. The second kappa shape index (κ2) is 6.55. The molecule has 1 aromatic rings. The van der Waals surface area contributed by atoms with Gasteiger partial charge < -0.3 is 26.4 Å². The lowest BCUT2D eigenvalue weighted by molar-refractivity contribution is -0.122. The SMILES string of the molecule is CC(C)[C@H](NC(N)=O)C(=O)Nc1ccc2c(c1)NC(=O)[C@@H](C)O2. The van der Waals surface area contributed by atoms with Gasteiger partial charge in [-0.15, -0.1) is 0 Å². The summed E-state index contributed by atoms with van der Waals surface area (Å²) in [5, 5.41) is 7.80. The maximum atomic E-state index is 12.3. The molecule has 0 unspecified atom stereocenters. The number of urea groups is 1. The maximum absolute atomic E-state index is 12.3. The number of carbonyl (C=O) groups is 3. The highest BCUT2D eigenvalue weighted by molar-refractivity contribution is 6.00. The summed E-state index contributed by atoms with van der Waals surface area (Å²) in [5.41, 5.74) is 6.05. The number of primary amides is 1. The Balaban J connectivity index is 2.14. The second-order valence-corrected chi connectivity index (χ2v) is 5.68. The van der Waals surface area contributed by atoms with Crippen LogP contribution in [-0.4, -0.2) is 30.0 Å². The quantitative estimate of drug-likeness (QED) is 0.662. The average molecular weight is 320 g/mol. The van der Waals surface area contributed by atoms with Gasteiger partial charge in [-0.25, -0.2) is 4.79 Å². The second-order valence-electron chi connectivity index (χ2n) is 5.68. The van der Waals surface area contributed by atoms with E-state index >= 15 is 0 Å². The molecule has 0 saturated carbocycles. The van der Waals surface area contributed by atoms with Crippen LogP contribution in [0.15, 0.2) is 18.2 Å². The molecule has 0 aliphatic carbocycles. The van der Waals surface area contributed by atoms with Gasteiger partial charge in [0.15, 0.2) is 6.10 Å². The Labute approximate surface area is 133 Å². The largest absolute Gasteiger partial charge is 0.479 e. The van der Waals surface area contributed by atoms with E-state index < -0.39 is 24.1 Å². The number of carbonyl (C=O) groups excluding carboxylic acids is 3. The van der Waals surface area contributed by atoms with Crippen LogP contribution in [0.5, 0.6) is 5.75 Å². The molecule has 124 valence electrons. The molecular weight excluding hydrogens is 300 g/mol. The lowest BCUT2D eigenvalue weighted by Gasteiger charge is -2.24. The smallest absolute Gasteiger partial charge is 0.312 e. The summed E-state index contributed by atoms with van der Waals surface area (Å²) in [6, 6.07) is 3.39. The zero-order valence-electron chi connectivity index (χ0n) is 13.2. The molecule has 4 amide bonds. The number of amides is 4. The van der Waals surface area contributed by atoms with Crippen molar-refractivity contribution >= 4 is 29.2 Å². The minimum absolute atomic E-state index is 0.135. The van der Waals surface area contributed by atoms with Gasteiger partial charge in [-0.1, -0.05) is 13.8 Å². The normalized spacial score (nSPS) is 17.6. The standard InChI is InChI=1S/C15H20N4O4/c1-7(2)12(19-15(16)22)14(21)17-9-4-5-11-10(6-9)18-13(20)8(3)23-11/h4-8,12H,1-3H3,(H,17,21)(H,18,20)(H3,16,19,22)/t8-,12+/m1/s1. The number of hydrogen-bond acceptors (Lipinski definition) is 4. The number of benzene rings is 1. The first kappa shape index (κ1) is 16.6. The fourth-order valence-electron chi connectivity index (χ4n) is 2.19. The van der Waals surface area contributed by atoms with E-state index in [9.17, 15) is 14.4 Å². The molecule has 1 aliphatic heterocycles. The van der Waals surface area contributed by atoms with Crippen LogP contribution in [0.3, 0.4) is 0 Å². The Bertz CT molecular complexity index is 644. The van der Waals surface area contributed by atoms with E-state index in [0.717, 1.165) is 0 Å². The molecule has 2 rings (SSSR count). The van der Waals surface area contributed by atoms with Gasteiger partial charge in [-0.2, -0.15) is 0 Å². The van der Waals surface area contributed by atoms with Crippen molar-refractivity contribution in [3.05, 3.63) is 18.2 Å². The first-order valence-corrected chi connectivity index (χ1v) is 7.26. The molecule has 1 heterocycles. The molecule has 1 aliphatic rings. The fourth-order valence-corrected chi connectivity index (χ4v) is 2.19. The number of anilines is 2. The molecule has 23 heavy (non-hydrogen) atoms. The minimum atomic E-state index is -0.765. The van der Waals surface area contributed by atoms with Gasteiger partial charge in [0.2, 0.25) is 5.91 Å². The van der Waals surface area contributed by atoms with Crippen molar-refractivity contribution in [3.8, 4) is 5.75 Å². The Morgan fingerprint density at radius 3 is 2.65 bits per heavy atom. The first-order chi connectivity index (χ1) is 10.8. The van der Waals surface area contributed by atoms with E-state index in [2.05, 4.69) is 16.0 Å². The molecular formula is C15H20N4O4. The van der Waals surface area contributed by atoms with Crippen LogP contribution in [-0.2, 0) is 9.59 Å². The van der Waals surface area contributed by atoms with Crippen LogP contribution in [0.2, 0.25) is 0 Å². The van der Waals surface area contributed by atoms with E-state index in [1.54, 1.807) is 39.0 Å². The summed E-state index contributed by atoms with van der Waals surface area (Å²) in [4.78, 5) is 34.9. The third-order valence-electron chi connectivity index (χ3n) is 3.42. The van der Waals surface area contributed by atoms with Crippen LogP contribution < -0.4 is 26.4 Å². The van der Waals surface area contributed by atoms with Crippen molar-refractivity contribution in [1.29, 1.82) is 0 Å². The number of nitrogens with one attached hydrogen (secondary N) is 3. The van der Waals surface area contributed by atoms with Crippen molar-refractivity contribution in [2.24, 2.45) is 11.7 Å². The van der Waals surface area contributed by atoms with Crippen molar-refractivity contribution in [3.63, 3.8) is 0 Å². The van der Waals surface area contributed by atoms with E-state index in [4.69, 9.17) is 10.5 Å². The van der Waals surface area contributed by atoms with Crippen LogP contribution in [0.25, 0.3) is 0 Å². The number of nitrogens with two attached hydrogens (primary N) is 1. The Hall–Kier alpha value is -2.77. The molecule has 2 atom stereocenters. The number of fused-ring (bicyclic) bond motifs is 1. The molecule has 0 saturated heterocycles. The highest BCUT2D eigenvalue weighted by Gasteiger charge is 2.26. The number of ether oxygens (including phenoxy) is 1. The molecule has 0 fully saturated rings. The first-order valence-electron chi connectivity index (χ1n) is 7.26. The molecule has 1 aromatic carbocycles. The summed E-state index contributed by atoms with van der Waals surface area (Å²) < 4.78 is 5.44. The molecule has 0 bridgehead atoms. The van der Waals surface area contributed by atoms with Crippen LogP contribution in [0.1, 0.15) is 20.8 Å². The highest BCUT2D eigenvalue weighted by atomic mass is 16.5. The van der Waals surface area contributed by atoms with Crippen LogP contribution in [0, 0.1) is 5.92 Å². The number of rotatable bonds is 4. The summed E-state index contributed by atoms with van der Waals surface area (Å²) in [6.07, 6.45) is -0.562. The molecule has 5 N–H and O–H groups in total. The number of hydrogen-bond donors (Lipinski definition) is 4.